The predicted octanol–water partition coefficient (Wildman–Crippen LogP) is 1.29. The molecule has 0 saturated carbocycles. The van der Waals surface area contributed by atoms with E-state index in [-0.39, 0.29) is 12.2 Å². The normalized spacial score (nSPS) is 12.4. The van der Waals surface area contributed by atoms with Gasteiger partial charge in [-0.1, -0.05) is 6.08 Å². The molecule has 0 saturated heterocycles. The summed E-state index contributed by atoms with van der Waals surface area (Å²) >= 11 is 0. The van der Waals surface area contributed by atoms with Gasteiger partial charge >= 0.3 is 0 Å². The first-order valence-electron chi connectivity index (χ1n) is 4.15. The van der Waals surface area contributed by atoms with E-state index in [9.17, 15) is 4.79 Å². The molecule has 70 valence electrons. The van der Waals surface area contributed by atoms with Gasteiger partial charge in [0.05, 0.1) is 18.7 Å². The van der Waals surface area contributed by atoms with Crippen LogP contribution in [0.4, 0.5) is 0 Å². The lowest BCUT2D eigenvalue weighted by Crippen LogP contribution is -2.30. The summed E-state index contributed by atoms with van der Waals surface area (Å²) in [5.74, 6) is 0.638. The minimum atomic E-state index is -0.456. The molecule has 1 aromatic heterocycles. The summed E-state index contributed by atoms with van der Waals surface area (Å²) in [6.07, 6.45) is 3.97. The van der Waals surface area contributed by atoms with Gasteiger partial charge in [0.15, 0.2) is 5.78 Å². The zero-order valence-electron chi connectivity index (χ0n) is 7.40. The number of carbonyl (C=O) groups is 1. The average molecular weight is 179 g/mol. The molecular weight excluding hydrogens is 166 g/mol. The molecule has 3 nitrogen and oxygen atoms in total. The fraction of sp³-hybridized carbons (Fsp3) is 0.300. The van der Waals surface area contributed by atoms with Gasteiger partial charge in [0, 0.05) is 0 Å². The van der Waals surface area contributed by atoms with Crippen LogP contribution in [0.5, 0.6) is 0 Å². The molecule has 13 heavy (non-hydrogen) atoms. The third-order valence-electron chi connectivity index (χ3n) is 1.76. The van der Waals surface area contributed by atoms with E-state index >= 15 is 0 Å². The smallest absolute Gasteiger partial charge is 0.157 e. The summed E-state index contributed by atoms with van der Waals surface area (Å²) in [6.45, 7) is 3.52. The Labute approximate surface area is 77.2 Å². The molecule has 0 aliphatic carbocycles. The van der Waals surface area contributed by atoms with E-state index in [0.717, 1.165) is 0 Å². The zero-order valence-corrected chi connectivity index (χ0v) is 7.40. The van der Waals surface area contributed by atoms with E-state index in [1.165, 1.54) is 0 Å². The molecule has 1 heterocycles. The van der Waals surface area contributed by atoms with Gasteiger partial charge < -0.3 is 10.2 Å². The maximum absolute atomic E-state index is 11.4. The summed E-state index contributed by atoms with van der Waals surface area (Å²) < 4.78 is 5.03. The molecule has 1 rings (SSSR count). The highest BCUT2D eigenvalue weighted by atomic mass is 16.3. The van der Waals surface area contributed by atoms with Gasteiger partial charge in [0.2, 0.25) is 0 Å². The number of furan rings is 1. The molecule has 0 radical (unpaired) electrons. The molecule has 0 aromatic carbocycles. The van der Waals surface area contributed by atoms with Crippen molar-refractivity contribution in [3.63, 3.8) is 0 Å². The van der Waals surface area contributed by atoms with Crippen LogP contribution in [-0.2, 0) is 11.2 Å². The number of ketones is 1. The second-order valence-corrected chi connectivity index (χ2v) is 2.85. The topological polar surface area (TPSA) is 56.2 Å². The summed E-state index contributed by atoms with van der Waals surface area (Å²) in [6, 6.07) is 3.06. The Kier molecular flexibility index (Phi) is 3.46. The fourth-order valence-electron chi connectivity index (χ4n) is 1.03. The summed E-state index contributed by atoms with van der Waals surface area (Å²) in [4.78, 5) is 11.4. The average Bonchev–Trinajstić information content (AvgIpc) is 2.57. The lowest BCUT2D eigenvalue weighted by Gasteiger charge is -2.05. The molecule has 0 bridgehead atoms. The van der Waals surface area contributed by atoms with Gasteiger partial charge in [-0.15, -0.1) is 6.58 Å². The fourth-order valence-corrected chi connectivity index (χ4v) is 1.03. The molecule has 1 aromatic rings. The molecule has 0 fully saturated rings. The third-order valence-corrected chi connectivity index (χ3v) is 1.76. The van der Waals surface area contributed by atoms with Crippen molar-refractivity contribution in [1.82, 2.24) is 0 Å². The van der Waals surface area contributed by atoms with Crippen molar-refractivity contribution in [3.05, 3.63) is 36.8 Å². The van der Waals surface area contributed by atoms with Crippen molar-refractivity contribution >= 4 is 5.78 Å². The Morgan fingerprint density at radius 1 is 1.77 bits per heavy atom. The number of hydrogen-bond acceptors (Lipinski definition) is 3. The minimum Gasteiger partial charge on any atom is -0.469 e. The van der Waals surface area contributed by atoms with Gasteiger partial charge in [-0.3, -0.25) is 4.79 Å². The lowest BCUT2D eigenvalue weighted by atomic mass is 10.1. The Balaban J connectivity index is 2.45. The lowest BCUT2D eigenvalue weighted by molar-refractivity contribution is -0.119. The van der Waals surface area contributed by atoms with Crippen LogP contribution < -0.4 is 5.73 Å². The maximum atomic E-state index is 11.4. The highest BCUT2D eigenvalue weighted by molar-refractivity contribution is 5.85. The maximum Gasteiger partial charge on any atom is 0.157 e. The molecule has 1 atom stereocenters. The number of rotatable bonds is 5. The first kappa shape index (κ1) is 9.74. The van der Waals surface area contributed by atoms with Crippen LogP contribution in [0, 0.1) is 0 Å². The van der Waals surface area contributed by atoms with Crippen LogP contribution in [0.3, 0.4) is 0 Å². The van der Waals surface area contributed by atoms with Crippen LogP contribution in [0.15, 0.2) is 35.5 Å². The first-order valence-corrected chi connectivity index (χ1v) is 4.15. The number of hydrogen-bond donors (Lipinski definition) is 1. The Hall–Kier alpha value is -1.35. The van der Waals surface area contributed by atoms with Crippen LogP contribution >= 0.6 is 0 Å². The summed E-state index contributed by atoms with van der Waals surface area (Å²) in [7, 11) is 0. The molecule has 2 N–H and O–H groups in total. The van der Waals surface area contributed by atoms with Gasteiger partial charge in [0.25, 0.3) is 0 Å². The molecule has 0 aliphatic heterocycles. The monoisotopic (exact) mass is 179 g/mol. The largest absolute Gasteiger partial charge is 0.469 e. The van der Waals surface area contributed by atoms with Gasteiger partial charge in [-0.2, -0.15) is 0 Å². The van der Waals surface area contributed by atoms with Crippen molar-refractivity contribution in [1.29, 1.82) is 0 Å². The highest BCUT2D eigenvalue weighted by Gasteiger charge is 2.13. The van der Waals surface area contributed by atoms with Crippen molar-refractivity contribution in [2.45, 2.75) is 18.9 Å². The van der Waals surface area contributed by atoms with Crippen LogP contribution in [0.25, 0.3) is 0 Å². The number of carbonyl (C=O) groups excluding carboxylic acids is 1. The van der Waals surface area contributed by atoms with E-state index in [1.807, 2.05) is 0 Å². The first-order chi connectivity index (χ1) is 6.24. The molecule has 3 heteroatoms. The van der Waals surface area contributed by atoms with Gasteiger partial charge in [-0.05, 0) is 18.6 Å². The molecule has 0 amide bonds. The molecular formula is C10H13NO2. The number of nitrogens with two attached hydrogens (primary N) is 1. The Morgan fingerprint density at radius 3 is 3.08 bits per heavy atom. The van der Waals surface area contributed by atoms with Gasteiger partial charge in [-0.25, -0.2) is 0 Å². The van der Waals surface area contributed by atoms with Crippen molar-refractivity contribution in [2.24, 2.45) is 5.73 Å². The SMILES string of the molecule is C=CCC(N)C(=O)Cc1ccco1. The predicted molar refractivity (Wildman–Crippen MR) is 50.2 cm³/mol. The Morgan fingerprint density at radius 2 is 2.54 bits per heavy atom. The molecule has 0 spiro atoms. The molecule has 0 aliphatic rings. The Bertz CT molecular complexity index is 277. The van der Waals surface area contributed by atoms with Crippen LogP contribution in [0.1, 0.15) is 12.2 Å². The highest BCUT2D eigenvalue weighted by Crippen LogP contribution is 2.03. The summed E-state index contributed by atoms with van der Waals surface area (Å²) in [5, 5.41) is 0. The van der Waals surface area contributed by atoms with Crippen molar-refractivity contribution in [2.75, 3.05) is 0 Å². The summed E-state index contributed by atoms with van der Waals surface area (Å²) in [5.41, 5.74) is 5.58. The van der Waals surface area contributed by atoms with Crippen molar-refractivity contribution in [3.8, 4) is 0 Å². The zero-order chi connectivity index (χ0) is 9.68. The minimum absolute atomic E-state index is 0.0187. The van der Waals surface area contributed by atoms with E-state index < -0.39 is 6.04 Å². The number of Topliss-reactive ketones (excluding diaryl/α,β-unsaturated/α-hetero) is 1. The van der Waals surface area contributed by atoms with Crippen molar-refractivity contribution < 1.29 is 9.21 Å². The molecule has 1 unspecified atom stereocenters. The van der Waals surface area contributed by atoms with E-state index in [4.69, 9.17) is 10.2 Å². The second kappa shape index (κ2) is 4.62. The second-order valence-electron chi connectivity index (χ2n) is 2.85. The van der Waals surface area contributed by atoms with E-state index in [1.54, 1.807) is 24.5 Å². The van der Waals surface area contributed by atoms with Gasteiger partial charge in [0.1, 0.15) is 5.76 Å². The third kappa shape index (κ3) is 2.87. The van der Waals surface area contributed by atoms with Crippen LogP contribution in [-0.4, -0.2) is 11.8 Å². The van der Waals surface area contributed by atoms with Crippen LogP contribution in [0.2, 0.25) is 0 Å². The standard InChI is InChI=1S/C10H13NO2/c1-2-4-9(11)10(12)7-8-5-3-6-13-8/h2-3,5-6,9H,1,4,7,11H2. The van der Waals surface area contributed by atoms with E-state index in [2.05, 4.69) is 6.58 Å². The quantitative estimate of drug-likeness (QED) is 0.693. The van der Waals surface area contributed by atoms with E-state index in [0.29, 0.717) is 12.2 Å².